The van der Waals surface area contributed by atoms with Gasteiger partial charge in [0.1, 0.15) is 5.82 Å². The number of aryl methyl sites for hydroxylation is 1. The predicted octanol–water partition coefficient (Wildman–Crippen LogP) is 1.71. The fraction of sp³-hybridized carbons (Fsp3) is 0.632. The Labute approximate surface area is 173 Å². The average Bonchev–Trinajstić information content (AvgIpc) is 3.19. The molecule has 1 fully saturated rings. The standard InChI is InChI=1S/C19H30N4O4S2/c1-5-10-22(15-9-11-28(24,25)14-15)13-19-20-17-12-16(29(26,27)21(3)4)7-8-18(17)23(19)6-2/h7-8,12,15H,5-6,9-11,13-14H2,1-4H3. The first-order valence-electron chi connectivity index (χ1n) is 9.95. The van der Waals surface area contributed by atoms with Gasteiger partial charge in [-0.2, -0.15) is 0 Å². The Morgan fingerprint density at radius 3 is 2.52 bits per heavy atom. The molecule has 1 aliphatic heterocycles. The number of benzene rings is 1. The van der Waals surface area contributed by atoms with E-state index in [4.69, 9.17) is 4.98 Å². The molecule has 0 amide bonds. The quantitative estimate of drug-likeness (QED) is 0.618. The molecule has 0 spiro atoms. The number of hydrogen-bond acceptors (Lipinski definition) is 6. The zero-order valence-electron chi connectivity index (χ0n) is 17.5. The van der Waals surface area contributed by atoms with Crippen LogP contribution in [0.3, 0.4) is 0 Å². The molecule has 29 heavy (non-hydrogen) atoms. The molecular weight excluding hydrogens is 412 g/mol. The zero-order valence-corrected chi connectivity index (χ0v) is 19.1. The van der Waals surface area contributed by atoms with Gasteiger partial charge in [-0.05, 0) is 44.5 Å². The molecule has 0 radical (unpaired) electrons. The van der Waals surface area contributed by atoms with Crippen LogP contribution in [0.1, 0.15) is 32.5 Å². The van der Waals surface area contributed by atoms with Gasteiger partial charge < -0.3 is 4.57 Å². The normalized spacial score (nSPS) is 19.6. The van der Waals surface area contributed by atoms with Crippen LogP contribution in [-0.2, 0) is 33.0 Å². The third-order valence-electron chi connectivity index (χ3n) is 5.47. The molecule has 8 nitrogen and oxygen atoms in total. The van der Waals surface area contributed by atoms with Crippen LogP contribution in [0.2, 0.25) is 0 Å². The minimum atomic E-state index is -3.53. The molecule has 1 unspecified atom stereocenters. The molecule has 1 aliphatic rings. The fourth-order valence-electron chi connectivity index (χ4n) is 3.93. The number of nitrogens with zero attached hydrogens (tertiary/aromatic N) is 4. The maximum atomic E-state index is 12.5. The number of hydrogen-bond donors (Lipinski definition) is 0. The van der Waals surface area contributed by atoms with E-state index in [2.05, 4.69) is 16.4 Å². The molecule has 2 heterocycles. The molecule has 0 bridgehead atoms. The summed E-state index contributed by atoms with van der Waals surface area (Å²) in [6.45, 7) is 6.16. The summed E-state index contributed by atoms with van der Waals surface area (Å²) in [5.74, 6) is 1.28. The second-order valence-electron chi connectivity index (χ2n) is 7.74. The van der Waals surface area contributed by atoms with E-state index in [9.17, 15) is 16.8 Å². The number of imidazole rings is 1. The molecule has 0 N–H and O–H groups in total. The molecule has 1 aromatic carbocycles. The molecule has 1 aromatic heterocycles. The first kappa shape index (κ1) is 22.2. The van der Waals surface area contributed by atoms with Crippen LogP contribution in [0.5, 0.6) is 0 Å². The van der Waals surface area contributed by atoms with Crippen molar-refractivity contribution in [3.05, 3.63) is 24.0 Å². The van der Waals surface area contributed by atoms with E-state index in [1.165, 1.54) is 18.4 Å². The minimum absolute atomic E-state index is 0.00903. The van der Waals surface area contributed by atoms with Crippen molar-refractivity contribution in [2.75, 3.05) is 32.1 Å². The maximum Gasteiger partial charge on any atom is 0.242 e. The van der Waals surface area contributed by atoms with Gasteiger partial charge >= 0.3 is 0 Å². The Balaban J connectivity index is 1.97. The van der Waals surface area contributed by atoms with Crippen molar-refractivity contribution >= 4 is 30.9 Å². The minimum Gasteiger partial charge on any atom is -0.327 e. The third kappa shape index (κ3) is 4.50. The van der Waals surface area contributed by atoms with Crippen LogP contribution in [0.15, 0.2) is 23.1 Å². The molecule has 1 atom stereocenters. The summed E-state index contributed by atoms with van der Waals surface area (Å²) < 4.78 is 52.1. The third-order valence-corrected chi connectivity index (χ3v) is 9.04. The van der Waals surface area contributed by atoms with Gasteiger partial charge in [-0.1, -0.05) is 6.92 Å². The summed E-state index contributed by atoms with van der Waals surface area (Å²) in [6.07, 6.45) is 1.58. The van der Waals surface area contributed by atoms with Crippen LogP contribution < -0.4 is 0 Å². The first-order valence-corrected chi connectivity index (χ1v) is 13.2. The van der Waals surface area contributed by atoms with E-state index >= 15 is 0 Å². The number of rotatable bonds is 8. The fourth-order valence-corrected chi connectivity index (χ4v) is 6.61. The lowest BCUT2D eigenvalue weighted by atomic mass is 10.2. The van der Waals surface area contributed by atoms with Crippen LogP contribution in [0.25, 0.3) is 11.0 Å². The molecule has 1 saturated heterocycles. The van der Waals surface area contributed by atoms with Crippen molar-refractivity contribution in [2.24, 2.45) is 0 Å². The highest BCUT2D eigenvalue weighted by molar-refractivity contribution is 7.91. The van der Waals surface area contributed by atoms with Crippen LogP contribution in [0, 0.1) is 0 Å². The highest BCUT2D eigenvalue weighted by Gasteiger charge is 2.32. The monoisotopic (exact) mass is 442 g/mol. The van der Waals surface area contributed by atoms with Gasteiger partial charge in [-0.15, -0.1) is 0 Å². The average molecular weight is 443 g/mol. The Morgan fingerprint density at radius 2 is 1.97 bits per heavy atom. The van der Waals surface area contributed by atoms with Gasteiger partial charge in [0.25, 0.3) is 0 Å². The summed E-state index contributed by atoms with van der Waals surface area (Å²) in [7, 11) is -3.48. The van der Waals surface area contributed by atoms with Crippen molar-refractivity contribution in [3.8, 4) is 0 Å². The van der Waals surface area contributed by atoms with Crippen LogP contribution in [-0.4, -0.2) is 73.8 Å². The first-order chi connectivity index (χ1) is 13.6. The summed E-state index contributed by atoms with van der Waals surface area (Å²) in [5.41, 5.74) is 1.52. The van der Waals surface area contributed by atoms with E-state index in [1.807, 2.05) is 6.92 Å². The zero-order chi connectivity index (χ0) is 21.4. The highest BCUT2D eigenvalue weighted by Crippen LogP contribution is 2.25. The van der Waals surface area contributed by atoms with Crippen molar-refractivity contribution < 1.29 is 16.8 Å². The SMILES string of the molecule is CCCN(Cc1nc2cc(S(=O)(=O)N(C)C)ccc2n1CC)C1CCS(=O)(=O)C1. The van der Waals surface area contributed by atoms with E-state index in [-0.39, 0.29) is 22.4 Å². The Kier molecular flexibility index (Phi) is 6.38. The Bertz CT molecular complexity index is 1090. The summed E-state index contributed by atoms with van der Waals surface area (Å²) in [6, 6.07) is 5.04. The smallest absolute Gasteiger partial charge is 0.242 e. The van der Waals surface area contributed by atoms with E-state index < -0.39 is 19.9 Å². The number of sulfone groups is 1. The summed E-state index contributed by atoms with van der Waals surface area (Å²) in [5, 5.41) is 0. The van der Waals surface area contributed by atoms with Gasteiger partial charge in [-0.3, -0.25) is 4.90 Å². The van der Waals surface area contributed by atoms with Crippen molar-refractivity contribution in [2.45, 2.75) is 50.7 Å². The van der Waals surface area contributed by atoms with Gasteiger partial charge in [-0.25, -0.2) is 26.1 Å². The topological polar surface area (TPSA) is 92.6 Å². The lowest BCUT2D eigenvalue weighted by molar-refractivity contribution is 0.196. The van der Waals surface area contributed by atoms with Gasteiger partial charge in [0.15, 0.2) is 9.84 Å². The largest absolute Gasteiger partial charge is 0.327 e. The van der Waals surface area contributed by atoms with Crippen molar-refractivity contribution in [1.82, 2.24) is 18.8 Å². The molecule has 0 aliphatic carbocycles. The second kappa shape index (κ2) is 8.33. The Morgan fingerprint density at radius 1 is 1.24 bits per heavy atom. The van der Waals surface area contributed by atoms with Crippen LogP contribution >= 0.6 is 0 Å². The second-order valence-corrected chi connectivity index (χ2v) is 12.1. The van der Waals surface area contributed by atoms with Crippen LogP contribution in [0.4, 0.5) is 0 Å². The maximum absolute atomic E-state index is 12.5. The molecule has 10 heteroatoms. The molecule has 3 rings (SSSR count). The summed E-state index contributed by atoms with van der Waals surface area (Å²) in [4.78, 5) is 7.16. The summed E-state index contributed by atoms with van der Waals surface area (Å²) >= 11 is 0. The van der Waals surface area contributed by atoms with Crippen molar-refractivity contribution in [1.29, 1.82) is 0 Å². The lowest BCUT2D eigenvalue weighted by Crippen LogP contribution is -2.37. The molecule has 0 saturated carbocycles. The molecule has 2 aromatic rings. The number of fused-ring (bicyclic) bond motifs is 1. The van der Waals surface area contributed by atoms with Gasteiger partial charge in [0.2, 0.25) is 10.0 Å². The van der Waals surface area contributed by atoms with Gasteiger partial charge in [0.05, 0.1) is 34.0 Å². The number of aromatic nitrogens is 2. The lowest BCUT2D eigenvalue weighted by Gasteiger charge is -2.27. The van der Waals surface area contributed by atoms with Gasteiger partial charge in [0, 0.05) is 26.7 Å². The van der Waals surface area contributed by atoms with E-state index in [0.717, 1.165) is 24.3 Å². The van der Waals surface area contributed by atoms with E-state index in [1.54, 1.807) is 18.2 Å². The molecular formula is C19H30N4O4S2. The van der Waals surface area contributed by atoms with Crippen molar-refractivity contribution in [3.63, 3.8) is 0 Å². The number of sulfonamides is 1. The highest BCUT2D eigenvalue weighted by atomic mass is 32.2. The predicted molar refractivity (Wildman–Crippen MR) is 114 cm³/mol. The molecule has 162 valence electrons. The Hall–Kier alpha value is -1.49. The van der Waals surface area contributed by atoms with E-state index in [0.29, 0.717) is 25.0 Å².